The Morgan fingerprint density at radius 2 is 1.95 bits per heavy atom. The summed E-state index contributed by atoms with van der Waals surface area (Å²) in [5.41, 5.74) is 7.36. The standard InChI is InChI=1S/C15H12N2O3/c16-8-10-1-3-11(4-2-10)9-20-14-6-5-12(17)7-13(14)15(18)19/h1-7H,9,17H2,(H,18,19). The molecule has 0 bridgehead atoms. The Labute approximate surface area is 115 Å². The normalized spacial score (nSPS) is 9.75. The van der Waals surface area contributed by atoms with E-state index < -0.39 is 5.97 Å². The fourth-order valence-corrected chi connectivity index (χ4v) is 1.68. The SMILES string of the molecule is N#Cc1ccc(COc2ccc(N)cc2C(=O)O)cc1. The van der Waals surface area contributed by atoms with Crippen LogP contribution in [0.5, 0.6) is 5.75 Å². The van der Waals surface area contributed by atoms with Gasteiger partial charge in [-0.2, -0.15) is 5.26 Å². The van der Waals surface area contributed by atoms with Crippen LogP contribution in [0.25, 0.3) is 0 Å². The van der Waals surface area contributed by atoms with E-state index >= 15 is 0 Å². The molecule has 0 atom stereocenters. The molecule has 0 amide bonds. The number of aromatic carboxylic acids is 1. The van der Waals surface area contributed by atoms with Gasteiger partial charge in [-0.3, -0.25) is 0 Å². The van der Waals surface area contributed by atoms with Gasteiger partial charge in [-0.1, -0.05) is 12.1 Å². The van der Waals surface area contributed by atoms with Crippen LogP contribution in [0.1, 0.15) is 21.5 Å². The minimum Gasteiger partial charge on any atom is -0.488 e. The average Bonchev–Trinajstić information content (AvgIpc) is 2.46. The molecule has 0 aromatic heterocycles. The quantitative estimate of drug-likeness (QED) is 0.830. The van der Waals surface area contributed by atoms with Gasteiger partial charge >= 0.3 is 5.97 Å². The lowest BCUT2D eigenvalue weighted by molar-refractivity contribution is 0.0692. The first kappa shape index (κ1) is 13.4. The summed E-state index contributed by atoms with van der Waals surface area (Å²) in [4.78, 5) is 11.1. The van der Waals surface area contributed by atoms with Crippen LogP contribution in [0, 0.1) is 11.3 Å². The van der Waals surface area contributed by atoms with Gasteiger partial charge in [-0.05, 0) is 35.9 Å². The minimum atomic E-state index is -1.09. The monoisotopic (exact) mass is 268 g/mol. The second-order valence-corrected chi connectivity index (χ2v) is 4.16. The molecular weight excluding hydrogens is 256 g/mol. The van der Waals surface area contributed by atoms with E-state index in [1.54, 1.807) is 30.3 Å². The van der Waals surface area contributed by atoms with E-state index in [1.165, 1.54) is 12.1 Å². The van der Waals surface area contributed by atoms with Gasteiger partial charge in [0.15, 0.2) is 0 Å². The number of carboxylic acids is 1. The fourth-order valence-electron chi connectivity index (χ4n) is 1.68. The maximum Gasteiger partial charge on any atom is 0.339 e. The van der Waals surface area contributed by atoms with E-state index in [0.29, 0.717) is 11.3 Å². The second-order valence-electron chi connectivity index (χ2n) is 4.16. The third-order valence-electron chi connectivity index (χ3n) is 2.71. The van der Waals surface area contributed by atoms with Crippen molar-refractivity contribution in [3.63, 3.8) is 0 Å². The highest BCUT2D eigenvalue weighted by atomic mass is 16.5. The Morgan fingerprint density at radius 3 is 2.55 bits per heavy atom. The van der Waals surface area contributed by atoms with Crippen molar-refractivity contribution in [1.29, 1.82) is 5.26 Å². The van der Waals surface area contributed by atoms with E-state index in [2.05, 4.69) is 0 Å². The number of hydrogen-bond acceptors (Lipinski definition) is 4. The first-order chi connectivity index (χ1) is 9.60. The van der Waals surface area contributed by atoms with E-state index in [0.717, 1.165) is 5.56 Å². The first-order valence-corrected chi connectivity index (χ1v) is 5.85. The number of carbonyl (C=O) groups is 1. The Morgan fingerprint density at radius 1 is 1.25 bits per heavy atom. The molecule has 5 nitrogen and oxygen atoms in total. The number of rotatable bonds is 4. The largest absolute Gasteiger partial charge is 0.488 e. The number of anilines is 1. The number of hydrogen-bond donors (Lipinski definition) is 2. The summed E-state index contributed by atoms with van der Waals surface area (Å²) in [6.07, 6.45) is 0. The van der Waals surface area contributed by atoms with Gasteiger partial charge in [0.1, 0.15) is 17.9 Å². The van der Waals surface area contributed by atoms with Crippen molar-refractivity contribution < 1.29 is 14.6 Å². The van der Waals surface area contributed by atoms with Crippen molar-refractivity contribution >= 4 is 11.7 Å². The Bertz CT molecular complexity index is 673. The summed E-state index contributed by atoms with van der Waals surface area (Å²) in [6.45, 7) is 0.218. The molecule has 100 valence electrons. The molecule has 0 radical (unpaired) electrons. The summed E-state index contributed by atoms with van der Waals surface area (Å²) in [5, 5.41) is 17.8. The van der Waals surface area contributed by atoms with Crippen LogP contribution in [0.3, 0.4) is 0 Å². The van der Waals surface area contributed by atoms with Crippen molar-refractivity contribution in [1.82, 2.24) is 0 Å². The van der Waals surface area contributed by atoms with E-state index in [1.807, 2.05) is 6.07 Å². The zero-order valence-corrected chi connectivity index (χ0v) is 10.5. The summed E-state index contributed by atoms with van der Waals surface area (Å²) in [7, 11) is 0. The Hall–Kier alpha value is -3.00. The van der Waals surface area contributed by atoms with E-state index in [9.17, 15) is 4.79 Å². The maximum absolute atomic E-state index is 11.1. The number of nitrogens with zero attached hydrogens (tertiary/aromatic N) is 1. The lowest BCUT2D eigenvalue weighted by Crippen LogP contribution is -2.04. The van der Waals surface area contributed by atoms with Gasteiger partial charge < -0.3 is 15.6 Å². The molecule has 0 saturated heterocycles. The van der Waals surface area contributed by atoms with Gasteiger partial charge in [0.05, 0.1) is 11.6 Å². The molecule has 20 heavy (non-hydrogen) atoms. The van der Waals surface area contributed by atoms with E-state index in [-0.39, 0.29) is 17.9 Å². The third-order valence-corrected chi connectivity index (χ3v) is 2.71. The molecule has 2 rings (SSSR count). The summed E-state index contributed by atoms with van der Waals surface area (Å²) < 4.78 is 5.49. The molecule has 2 aromatic carbocycles. The van der Waals surface area contributed by atoms with Crippen LogP contribution in [0.2, 0.25) is 0 Å². The van der Waals surface area contributed by atoms with Gasteiger partial charge in [0, 0.05) is 5.69 Å². The lowest BCUT2D eigenvalue weighted by Gasteiger charge is -2.10. The van der Waals surface area contributed by atoms with Crippen molar-refractivity contribution in [3.05, 3.63) is 59.2 Å². The van der Waals surface area contributed by atoms with Crippen LogP contribution >= 0.6 is 0 Å². The predicted octanol–water partition coefficient (Wildman–Crippen LogP) is 2.42. The molecule has 3 N–H and O–H groups in total. The van der Waals surface area contributed by atoms with Crippen LogP contribution in [0.15, 0.2) is 42.5 Å². The molecule has 0 aliphatic heterocycles. The number of nitrogen functional groups attached to an aromatic ring is 1. The fraction of sp³-hybridized carbons (Fsp3) is 0.0667. The lowest BCUT2D eigenvalue weighted by atomic mass is 10.1. The average molecular weight is 268 g/mol. The van der Waals surface area contributed by atoms with Crippen LogP contribution in [0.4, 0.5) is 5.69 Å². The molecule has 0 aliphatic carbocycles. The Balaban J connectivity index is 2.14. The molecule has 2 aromatic rings. The summed E-state index contributed by atoms with van der Waals surface area (Å²) >= 11 is 0. The van der Waals surface area contributed by atoms with Gasteiger partial charge in [0.25, 0.3) is 0 Å². The highest BCUT2D eigenvalue weighted by Crippen LogP contribution is 2.22. The van der Waals surface area contributed by atoms with Crippen molar-refractivity contribution in [3.8, 4) is 11.8 Å². The van der Waals surface area contributed by atoms with E-state index in [4.69, 9.17) is 20.8 Å². The predicted molar refractivity (Wildman–Crippen MR) is 73.3 cm³/mol. The first-order valence-electron chi connectivity index (χ1n) is 5.85. The van der Waals surface area contributed by atoms with Crippen molar-refractivity contribution in [2.75, 3.05) is 5.73 Å². The Kier molecular flexibility index (Phi) is 3.87. The van der Waals surface area contributed by atoms with Gasteiger partial charge in [0.2, 0.25) is 0 Å². The number of carboxylic acid groups (broad SMARTS) is 1. The van der Waals surface area contributed by atoms with Gasteiger partial charge in [-0.25, -0.2) is 4.79 Å². The second kappa shape index (κ2) is 5.76. The van der Waals surface area contributed by atoms with Crippen LogP contribution in [-0.2, 0) is 6.61 Å². The third kappa shape index (κ3) is 3.06. The smallest absolute Gasteiger partial charge is 0.339 e. The molecule has 0 fully saturated rings. The maximum atomic E-state index is 11.1. The molecular formula is C15H12N2O3. The zero-order chi connectivity index (χ0) is 14.5. The number of nitrogens with two attached hydrogens (primary N) is 1. The van der Waals surface area contributed by atoms with Gasteiger partial charge in [-0.15, -0.1) is 0 Å². The summed E-state index contributed by atoms with van der Waals surface area (Å²) in [6, 6.07) is 13.4. The zero-order valence-electron chi connectivity index (χ0n) is 10.5. The highest BCUT2D eigenvalue weighted by Gasteiger charge is 2.11. The highest BCUT2D eigenvalue weighted by molar-refractivity contribution is 5.92. The summed E-state index contributed by atoms with van der Waals surface area (Å²) in [5.74, 6) is -0.830. The van der Waals surface area contributed by atoms with Crippen molar-refractivity contribution in [2.24, 2.45) is 0 Å². The van der Waals surface area contributed by atoms with Crippen LogP contribution in [-0.4, -0.2) is 11.1 Å². The number of benzene rings is 2. The molecule has 0 unspecified atom stereocenters. The van der Waals surface area contributed by atoms with Crippen molar-refractivity contribution in [2.45, 2.75) is 6.61 Å². The number of ether oxygens (including phenoxy) is 1. The molecule has 5 heteroatoms. The molecule has 0 heterocycles. The minimum absolute atomic E-state index is 0.0265. The van der Waals surface area contributed by atoms with Crippen LogP contribution < -0.4 is 10.5 Å². The molecule has 0 aliphatic rings. The molecule has 0 saturated carbocycles. The topological polar surface area (TPSA) is 96.3 Å². The molecule has 0 spiro atoms. The number of nitriles is 1.